The maximum Gasteiger partial charge on any atom is 0.322 e. The van der Waals surface area contributed by atoms with Crippen LogP contribution >= 0.6 is 0 Å². The lowest BCUT2D eigenvalue weighted by atomic mass is 9.87. The molecule has 0 aliphatic heterocycles. The van der Waals surface area contributed by atoms with E-state index >= 15 is 0 Å². The summed E-state index contributed by atoms with van der Waals surface area (Å²) in [6, 6.07) is -1.40. The van der Waals surface area contributed by atoms with E-state index in [4.69, 9.17) is 5.11 Å². The van der Waals surface area contributed by atoms with Crippen LogP contribution < -0.4 is 4.72 Å². The molecule has 17 heavy (non-hydrogen) atoms. The van der Waals surface area contributed by atoms with E-state index < -0.39 is 27.4 Å². The van der Waals surface area contributed by atoms with Gasteiger partial charge in [-0.25, -0.2) is 13.1 Å². The predicted molar refractivity (Wildman–Crippen MR) is 63.1 cm³/mol. The Balaban J connectivity index is 4.81. The second-order valence-corrected chi connectivity index (χ2v) is 6.83. The van der Waals surface area contributed by atoms with E-state index in [0.29, 0.717) is 0 Å². The molecule has 1 atom stereocenters. The number of sulfonamides is 1. The molecule has 0 rings (SSSR count). The molecule has 2 N–H and O–H groups in total. The first kappa shape index (κ1) is 16.1. The van der Waals surface area contributed by atoms with Gasteiger partial charge in [0.1, 0.15) is 11.8 Å². The van der Waals surface area contributed by atoms with Gasteiger partial charge >= 0.3 is 5.97 Å². The molecular weight excluding hydrogens is 246 g/mol. The van der Waals surface area contributed by atoms with Gasteiger partial charge in [0.05, 0.1) is 5.75 Å². The molecule has 0 fully saturated rings. The molecule has 6 nitrogen and oxygen atoms in total. The van der Waals surface area contributed by atoms with Crippen molar-refractivity contribution in [3.8, 4) is 0 Å². The Hall–Kier alpha value is -0.950. The highest BCUT2D eigenvalue weighted by molar-refractivity contribution is 7.89. The fourth-order valence-electron chi connectivity index (χ4n) is 0.971. The molecule has 0 aromatic rings. The van der Waals surface area contributed by atoms with Crippen LogP contribution in [0.2, 0.25) is 0 Å². The number of Topliss-reactive ketones (excluding diaryl/α,β-unsaturated/α-hetero) is 1. The van der Waals surface area contributed by atoms with Crippen molar-refractivity contribution >= 4 is 21.8 Å². The number of carbonyl (C=O) groups excluding carboxylic acids is 1. The molecule has 0 aromatic carbocycles. The predicted octanol–water partition coefficient (Wildman–Crippen LogP) is 0.384. The summed E-state index contributed by atoms with van der Waals surface area (Å²) >= 11 is 0. The Labute approximate surface area is 101 Å². The Morgan fingerprint density at radius 3 is 2.06 bits per heavy atom. The lowest BCUT2D eigenvalue weighted by Crippen LogP contribution is -2.44. The minimum absolute atomic E-state index is 0.222. The number of hydrogen-bond donors (Lipinski definition) is 2. The van der Waals surface area contributed by atoms with Crippen LogP contribution in [0.5, 0.6) is 0 Å². The summed E-state index contributed by atoms with van der Waals surface area (Å²) < 4.78 is 24.5. The molecule has 0 amide bonds. The van der Waals surface area contributed by atoms with E-state index in [1.54, 1.807) is 20.8 Å². The minimum atomic E-state index is -3.64. The normalized spacial score (nSPS) is 14.4. The number of hydrogen-bond acceptors (Lipinski definition) is 4. The molecule has 0 aliphatic carbocycles. The van der Waals surface area contributed by atoms with Crippen molar-refractivity contribution in [2.75, 3.05) is 5.75 Å². The fraction of sp³-hybridized carbons (Fsp3) is 0.800. The summed E-state index contributed by atoms with van der Waals surface area (Å²) in [5.74, 6) is -1.87. The average molecular weight is 265 g/mol. The van der Waals surface area contributed by atoms with Crippen molar-refractivity contribution in [2.45, 2.75) is 40.2 Å². The maximum atomic E-state index is 11.7. The highest BCUT2D eigenvalue weighted by Crippen LogP contribution is 2.18. The van der Waals surface area contributed by atoms with E-state index in [-0.39, 0.29) is 18.0 Å². The van der Waals surface area contributed by atoms with Crippen molar-refractivity contribution in [1.82, 2.24) is 4.72 Å². The number of ketones is 1. The first-order valence-electron chi connectivity index (χ1n) is 5.25. The Morgan fingerprint density at radius 1 is 1.29 bits per heavy atom. The number of nitrogens with one attached hydrogen (secondary N) is 1. The van der Waals surface area contributed by atoms with Crippen molar-refractivity contribution in [2.24, 2.45) is 5.41 Å². The monoisotopic (exact) mass is 265 g/mol. The number of carboxylic acid groups (broad SMARTS) is 1. The zero-order valence-corrected chi connectivity index (χ0v) is 11.3. The van der Waals surface area contributed by atoms with Crippen molar-refractivity contribution in [1.29, 1.82) is 0 Å². The summed E-state index contributed by atoms with van der Waals surface area (Å²) in [6.07, 6.45) is -0.349. The van der Waals surface area contributed by atoms with Gasteiger partial charge in [0.2, 0.25) is 10.0 Å². The molecule has 0 radical (unpaired) electrons. The number of carboxylic acids is 1. The summed E-state index contributed by atoms with van der Waals surface area (Å²) in [4.78, 5) is 22.5. The number of aliphatic carboxylic acids is 1. The third-order valence-electron chi connectivity index (χ3n) is 2.23. The van der Waals surface area contributed by atoms with Gasteiger partial charge in [0.15, 0.2) is 0 Å². The van der Waals surface area contributed by atoms with E-state index in [1.807, 2.05) is 4.72 Å². The molecule has 0 bridgehead atoms. The van der Waals surface area contributed by atoms with Gasteiger partial charge in [-0.15, -0.1) is 0 Å². The number of carbonyl (C=O) groups is 2. The van der Waals surface area contributed by atoms with Crippen LogP contribution in [0.3, 0.4) is 0 Å². The first-order chi connectivity index (χ1) is 7.49. The van der Waals surface area contributed by atoms with Crippen molar-refractivity contribution < 1.29 is 23.1 Å². The SMILES string of the molecule is CCS(=O)(=O)NC(CC(=O)C(C)(C)C)C(=O)O. The van der Waals surface area contributed by atoms with Crippen LogP contribution in [0.15, 0.2) is 0 Å². The topological polar surface area (TPSA) is 101 Å². The van der Waals surface area contributed by atoms with Gasteiger partial charge in [-0.3, -0.25) is 9.59 Å². The van der Waals surface area contributed by atoms with Gasteiger partial charge in [-0.2, -0.15) is 0 Å². The van der Waals surface area contributed by atoms with Crippen LogP contribution in [0.25, 0.3) is 0 Å². The second kappa shape index (κ2) is 5.59. The molecule has 0 saturated carbocycles. The summed E-state index contributed by atoms with van der Waals surface area (Å²) in [6.45, 7) is 6.36. The summed E-state index contributed by atoms with van der Waals surface area (Å²) in [7, 11) is -3.64. The van der Waals surface area contributed by atoms with Crippen LogP contribution in [-0.2, 0) is 19.6 Å². The molecule has 100 valence electrons. The van der Waals surface area contributed by atoms with E-state index in [9.17, 15) is 18.0 Å². The van der Waals surface area contributed by atoms with Gasteiger partial charge < -0.3 is 5.11 Å². The molecule has 0 saturated heterocycles. The highest BCUT2D eigenvalue weighted by Gasteiger charge is 2.30. The smallest absolute Gasteiger partial charge is 0.322 e. The molecular formula is C10H19NO5S. The molecule has 1 unspecified atom stereocenters. The largest absolute Gasteiger partial charge is 0.480 e. The summed E-state index contributed by atoms with van der Waals surface area (Å²) in [5, 5.41) is 8.87. The number of rotatable bonds is 6. The molecule has 0 aliphatic rings. The van der Waals surface area contributed by atoms with Crippen LogP contribution in [0, 0.1) is 5.41 Å². The maximum absolute atomic E-state index is 11.7. The molecule has 0 spiro atoms. The fourth-order valence-corrected chi connectivity index (χ4v) is 1.76. The van der Waals surface area contributed by atoms with Crippen molar-refractivity contribution in [3.63, 3.8) is 0 Å². The standard InChI is InChI=1S/C10H19NO5S/c1-5-17(15,16)11-7(9(13)14)6-8(12)10(2,3)4/h7,11H,5-6H2,1-4H3,(H,13,14). The molecule has 0 heterocycles. The molecule has 0 aromatic heterocycles. The second-order valence-electron chi connectivity index (χ2n) is 4.79. The first-order valence-corrected chi connectivity index (χ1v) is 6.91. The van der Waals surface area contributed by atoms with Crippen LogP contribution in [0.4, 0.5) is 0 Å². The van der Waals surface area contributed by atoms with E-state index in [0.717, 1.165) is 0 Å². The zero-order chi connectivity index (χ0) is 13.9. The Bertz CT molecular complexity index is 393. The summed E-state index contributed by atoms with van der Waals surface area (Å²) in [5.41, 5.74) is -0.689. The highest BCUT2D eigenvalue weighted by atomic mass is 32.2. The lowest BCUT2D eigenvalue weighted by Gasteiger charge is -2.20. The zero-order valence-electron chi connectivity index (χ0n) is 10.5. The quantitative estimate of drug-likeness (QED) is 0.723. The lowest BCUT2D eigenvalue weighted by molar-refractivity contribution is -0.141. The van der Waals surface area contributed by atoms with Gasteiger partial charge in [-0.05, 0) is 6.92 Å². The van der Waals surface area contributed by atoms with Crippen LogP contribution in [-0.4, -0.2) is 37.1 Å². The van der Waals surface area contributed by atoms with Gasteiger partial charge in [-0.1, -0.05) is 20.8 Å². The van der Waals surface area contributed by atoms with E-state index in [2.05, 4.69) is 0 Å². The van der Waals surface area contributed by atoms with Gasteiger partial charge in [0.25, 0.3) is 0 Å². The average Bonchev–Trinajstić information content (AvgIpc) is 2.14. The third kappa shape index (κ3) is 5.78. The van der Waals surface area contributed by atoms with Crippen LogP contribution in [0.1, 0.15) is 34.1 Å². The Morgan fingerprint density at radius 2 is 1.76 bits per heavy atom. The van der Waals surface area contributed by atoms with E-state index in [1.165, 1.54) is 6.92 Å². The van der Waals surface area contributed by atoms with Gasteiger partial charge in [0, 0.05) is 11.8 Å². The molecule has 7 heteroatoms. The van der Waals surface area contributed by atoms with Crippen molar-refractivity contribution in [3.05, 3.63) is 0 Å². The third-order valence-corrected chi connectivity index (χ3v) is 3.63. The Kier molecular flexibility index (Phi) is 5.28. The minimum Gasteiger partial charge on any atom is -0.480 e.